The zero-order chi connectivity index (χ0) is 8.77. The molecule has 0 aromatic heterocycles. The van der Waals surface area contributed by atoms with Crippen LogP contribution in [0.5, 0.6) is 0 Å². The van der Waals surface area contributed by atoms with Crippen LogP contribution in [0.1, 0.15) is 20.3 Å². The molecule has 4 nitrogen and oxygen atoms in total. The van der Waals surface area contributed by atoms with Crippen LogP contribution in [0.15, 0.2) is 11.6 Å². The molecular formula is C8H12O4. The van der Waals surface area contributed by atoms with Crippen LogP contribution in [-0.2, 0) is 14.7 Å². The van der Waals surface area contributed by atoms with Crippen molar-refractivity contribution in [2.45, 2.75) is 38.1 Å². The molecule has 2 aliphatic heterocycles. The van der Waals surface area contributed by atoms with E-state index < -0.39 is 5.60 Å². The molecule has 2 bridgehead atoms. The third-order valence-corrected chi connectivity index (χ3v) is 2.60. The average molecular weight is 172 g/mol. The van der Waals surface area contributed by atoms with Gasteiger partial charge in [-0.15, -0.1) is 0 Å². The van der Waals surface area contributed by atoms with Crippen LogP contribution in [0.25, 0.3) is 0 Å². The lowest BCUT2D eigenvalue weighted by molar-refractivity contribution is -0.445. The summed E-state index contributed by atoms with van der Waals surface area (Å²) in [7, 11) is 0. The predicted molar refractivity (Wildman–Crippen MR) is 40.2 cm³/mol. The minimum atomic E-state index is -0.650. The second kappa shape index (κ2) is 2.53. The third-order valence-electron chi connectivity index (χ3n) is 2.60. The van der Waals surface area contributed by atoms with Crippen molar-refractivity contribution < 1.29 is 19.9 Å². The van der Waals surface area contributed by atoms with E-state index in [2.05, 4.69) is 4.89 Å². The van der Waals surface area contributed by atoms with Crippen LogP contribution < -0.4 is 0 Å². The van der Waals surface area contributed by atoms with Crippen LogP contribution in [0.4, 0.5) is 0 Å². The van der Waals surface area contributed by atoms with Crippen LogP contribution >= 0.6 is 0 Å². The van der Waals surface area contributed by atoms with Gasteiger partial charge in [-0.25, -0.2) is 14.7 Å². The summed E-state index contributed by atoms with van der Waals surface area (Å²) in [6, 6.07) is 0. The highest BCUT2D eigenvalue weighted by Crippen LogP contribution is 2.38. The lowest BCUT2D eigenvalue weighted by Gasteiger charge is -2.43. The zero-order valence-corrected chi connectivity index (χ0v) is 7.11. The molecule has 3 atom stereocenters. The van der Waals surface area contributed by atoms with Crippen LogP contribution in [0.3, 0.4) is 0 Å². The molecule has 1 N–H and O–H groups in total. The van der Waals surface area contributed by atoms with Gasteiger partial charge in [0.2, 0.25) is 0 Å². The molecule has 1 aliphatic carbocycles. The fourth-order valence-electron chi connectivity index (χ4n) is 1.62. The Hall–Kier alpha value is -0.420. The quantitative estimate of drug-likeness (QED) is 0.368. The topological polar surface area (TPSA) is 47.9 Å². The van der Waals surface area contributed by atoms with E-state index in [4.69, 9.17) is 15.0 Å². The van der Waals surface area contributed by atoms with Gasteiger partial charge in [-0.2, -0.15) is 0 Å². The molecule has 3 rings (SSSR count). The molecule has 0 saturated carbocycles. The number of fused-ring (bicyclic) bond motifs is 2. The van der Waals surface area contributed by atoms with Crippen molar-refractivity contribution in [3.8, 4) is 0 Å². The summed E-state index contributed by atoms with van der Waals surface area (Å²) >= 11 is 0. The Morgan fingerprint density at radius 3 is 2.83 bits per heavy atom. The van der Waals surface area contributed by atoms with E-state index in [1.54, 1.807) is 6.92 Å². The highest BCUT2D eigenvalue weighted by atomic mass is 17.2. The summed E-state index contributed by atoms with van der Waals surface area (Å²) in [6.45, 7) is 3.78. The van der Waals surface area contributed by atoms with Gasteiger partial charge in [0.1, 0.15) is 17.8 Å². The van der Waals surface area contributed by atoms with Crippen molar-refractivity contribution >= 4 is 0 Å². The van der Waals surface area contributed by atoms with Gasteiger partial charge in [0.25, 0.3) is 0 Å². The first-order chi connectivity index (χ1) is 5.65. The van der Waals surface area contributed by atoms with Crippen molar-refractivity contribution in [1.82, 2.24) is 0 Å². The van der Waals surface area contributed by atoms with Crippen LogP contribution in [0, 0.1) is 0 Å². The Labute approximate surface area is 70.6 Å². The maximum atomic E-state index is 8.69. The molecule has 68 valence electrons. The first kappa shape index (κ1) is 8.19. The van der Waals surface area contributed by atoms with Crippen LogP contribution in [0.2, 0.25) is 0 Å². The van der Waals surface area contributed by atoms with Crippen molar-refractivity contribution in [2.24, 2.45) is 0 Å². The fourth-order valence-corrected chi connectivity index (χ4v) is 1.62. The van der Waals surface area contributed by atoms with E-state index in [0.717, 1.165) is 5.57 Å². The van der Waals surface area contributed by atoms with Gasteiger partial charge < -0.3 is 0 Å². The normalized spacial score (nSPS) is 46.1. The second-order valence-corrected chi connectivity index (χ2v) is 3.62. The fraction of sp³-hybridized carbons (Fsp3) is 0.750. The molecule has 3 aliphatic rings. The van der Waals surface area contributed by atoms with E-state index in [1.807, 2.05) is 13.0 Å². The highest BCUT2D eigenvalue weighted by Gasteiger charge is 2.48. The third kappa shape index (κ3) is 0.998. The van der Waals surface area contributed by atoms with E-state index in [0.29, 0.717) is 6.42 Å². The summed E-state index contributed by atoms with van der Waals surface area (Å²) < 4.78 is 0. The van der Waals surface area contributed by atoms with Gasteiger partial charge in [0.15, 0.2) is 0 Å². The molecule has 0 unspecified atom stereocenters. The lowest BCUT2D eigenvalue weighted by atomic mass is 9.82. The zero-order valence-electron chi connectivity index (χ0n) is 7.11. The smallest absolute Gasteiger partial charge is 0.143 e. The SMILES string of the molecule is CC1=C[C@H]2OO[C@@H]1C[C@@]2(C)OO. The summed E-state index contributed by atoms with van der Waals surface area (Å²) in [5.41, 5.74) is 0.489. The van der Waals surface area contributed by atoms with E-state index in [-0.39, 0.29) is 12.2 Å². The minimum absolute atomic E-state index is 0.0767. The largest absolute Gasteiger partial charge is 0.251 e. The average Bonchev–Trinajstić information content (AvgIpc) is 2.08. The van der Waals surface area contributed by atoms with Crippen molar-refractivity contribution in [2.75, 3.05) is 0 Å². The van der Waals surface area contributed by atoms with E-state index in [9.17, 15) is 0 Å². The Morgan fingerprint density at radius 1 is 1.67 bits per heavy atom. The predicted octanol–water partition coefficient (Wildman–Crippen LogP) is 1.28. The van der Waals surface area contributed by atoms with Gasteiger partial charge >= 0.3 is 0 Å². The second-order valence-electron chi connectivity index (χ2n) is 3.62. The summed E-state index contributed by atoms with van der Waals surface area (Å²) in [4.78, 5) is 14.4. The maximum absolute atomic E-state index is 8.69. The monoisotopic (exact) mass is 172 g/mol. The summed E-state index contributed by atoms with van der Waals surface area (Å²) in [6.07, 6.45) is 2.18. The van der Waals surface area contributed by atoms with E-state index >= 15 is 0 Å². The van der Waals surface area contributed by atoms with Gasteiger partial charge in [-0.05, 0) is 25.5 Å². The first-order valence-corrected chi connectivity index (χ1v) is 3.99. The van der Waals surface area contributed by atoms with Crippen molar-refractivity contribution in [1.29, 1.82) is 0 Å². The van der Waals surface area contributed by atoms with E-state index in [1.165, 1.54) is 0 Å². The molecule has 1 saturated heterocycles. The molecule has 4 heteroatoms. The lowest BCUT2D eigenvalue weighted by Crippen LogP contribution is -2.53. The summed E-state index contributed by atoms with van der Waals surface area (Å²) in [5, 5.41) is 8.69. The van der Waals surface area contributed by atoms with Crippen molar-refractivity contribution in [3.05, 3.63) is 11.6 Å². The van der Waals surface area contributed by atoms with Gasteiger partial charge in [0.05, 0.1) is 0 Å². The Bertz CT molecular complexity index is 225. The van der Waals surface area contributed by atoms with Gasteiger partial charge in [-0.3, -0.25) is 5.26 Å². The highest BCUT2D eigenvalue weighted by molar-refractivity contribution is 5.19. The number of rotatable bonds is 1. The van der Waals surface area contributed by atoms with Crippen LogP contribution in [-0.4, -0.2) is 23.1 Å². The van der Waals surface area contributed by atoms with Crippen molar-refractivity contribution in [3.63, 3.8) is 0 Å². The van der Waals surface area contributed by atoms with Gasteiger partial charge in [0, 0.05) is 6.42 Å². The standard InChI is InChI=1S/C8H12O4/c1-5-3-7-8(2,12-9)4-6(5)10-11-7/h3,6-7,9H,4H2,1-2H3/t6-,7-,8-/m1/s1. The van der Waals surface area contributed by atoms with Gasteiger partial charge in [-0.1, -0.05) is 0 Å². The first-order valence-electron chi connectivity index (χ1n) is 3.99. The molecule has 0 radical (unpaired) electrons. The molecule has 0 amide bonds. The Kier molecular flexibility index (Phi) is 1.73. The summed E-state index contributed by atoms with van der Waals surface area (Å²) in [5.74, 6) is 0. The molecule has 0 spiro atoms. The number of hydrogen-bond acceptors (Lipinski definition) is 4. The molecule has 2 heterocycles. The maximum Gasteiger partial charge on any atom is 0.143 e. The molecular weight excluding hydrogens is 160 g/mol. The minimum Gasteiger partial charge on any atom is -0.251 e. The molecule has 0 aromatic rings. The molecule has 0 aromatic carbocycles. The Balaban J connectivity index is 2.28. The number of hydrogen-bond donors (Lipinski definition) is 1. The Morgan fingerprint density at radius 2 is 2.42 bits per heavy atom. The molecule has 12 heavy (non-hydrogen) atoms. The molecule has 1 fully saturated rings.